The SMILES string of the molecule is c1ccc(-c2cccc(-c3cc(-c4cccc(-c5ccccc5)c4)c4nc(-c5ccc(-c6ccncc6)cc5)nc(-c5ccc(-c6ccncc6)cc5)c4c3)c2)cc1. The minimum Gasteiger partial charge on any atom is -0.265 e. The number of aromatic nitrogens is 4. The second-order valence-corrected chi connectivity index (χ2v) is 14.3. The Labute approximate surface area is 337 Å². The van der Waals surface area contributed by atoms with Crippen molar-refractivity contribution >= 4 is 10.9 Å². The van der Waals surface area contributed by atoms with E-state index in [0.717, 1.165) is 77.8 Å². The van der Waals surface area contributed by atoms with Crippen LogP contribution in [-0.4, -0.2) is 19.9 Å². The highest BCUT2D eigenvalue weighted by Crippen LogP contribution is 2.40. The summed E-state index contributed by atoms with van der Waals surface area (Å²) >= 11 is 0. The highest BCUT2D eigenvalue weighted by molar-refractivity contribution is 6.05. The van der Waals surface area contributed by atoms with Crippen LogP contribution in [0.4, 0.5) is 0 Å². The van der Waals surface area contributed by atoms with Crippen LogP contribution < -0.4 is 0 Å². The molecule has 0 fully saturated rings. The maximum absolute atomic E-state index is 5.45. The molecule has 0 radical (unpaired) electrons. The lowest BCUT2D eigenvalue weighted by atomic mass is 9.91. The topological polar surface area (TPSA) is 51.6 Å². The summed E-state index contributed by atoms with van der Waals surface area (Å²) in [5, 5.41) is 0.983. The molecule has 0 spiro atoms. The molecule has 7 aromatic carbocycles. The molecule has 3 aromatic heterocycles. The molecule has 0 unspecified atom stereocenters. The van der Waals surface area contributed by atoms with Crippen molar-refractivity contribution in [1.29, 1.82) is 0 Å². The average Bonchev–Trinajstić information content (AvgIpc) is 3.32. The van der Waals surface area contributed by atoms with Crippen LogP contribution in [-0.2, 0) is 0 Å². The van der Waals surface area contributed by atoms with Gasteiger partial charge in [-0.1, -0.05) is 146 Å². The van der Waals surface area contributed by atoms with Crippen molar-refractivity contribution in [3.05, 3.63) is 219 Å². The molecule has 0 aliphatic heterocycles. The first kappa shape index (κ1) is 34.7. The second-order valence-electron chi connectivity index (χ2n) is 14.3. The Morgan fingerprint density at radius 3 is 1.22 bits per heavy atom. The first-order chi connectivity index (χ1) is 28.7. The number of hydrogen-bond acceptors (Lipinski definition) is 4. The largest absolute Gasteiger partial charge is 0.265 e. The number of rotatable bonds is 8. The number of pyridine rings is 2. The molecule has 58 heavy (non-hydrogen) atoms. The van der Waals surface area contributed by atoms with Crippen LogP contribution >= 0.6 is 0 Å². The zero-order chi connectivity index (χ0) is 38.7. The molecule has 0 aliphatic carbocycles. The Hall–Kier alpha value is -7.82. The van der Waals surface area contributed by atoms with Gasteiger partial charge in [0.15, 0.2) is 5.82 Å². The molecule has 0 saturated carbocycles. The highest BCUT2D eigenvalue weighted by Gasteiger charge is 2.19. The number of fused-ring (bicyclic) bond motifs is 1. The summed E-state index contributed by atoms with van der Waals surface area (Å²) < 4.78 is 0. The van der Waals surface area contributed by atoms with Crippen molar-refractivity contribution in [2.24, 2.45) is 0 Å². The van der Waals surface area contributed by atoms with Gasteiger partial charge >= 0.3 is 0 Å². The first-order valence-corrected chi connectivity index (χ1v) is 19.4. The summed E-state index contributed by atoms with van der Waals surface area (Å²) in [7, 11) is 0. The fraction of sp³-hybridized carbons (Fsp3) is 0. The predicted molar refractivity (Wildman–Crippen MR) is 239 cm³/mol. The third-order valence-corrected chi connectivity index (χ3v) is 10.7. The van der Waals surface area contributed by atoms with Gasteiger partial charge in [-0.15, -0.1) is 0 Å². The van der Waals surface area contributed by atoms with Crippen LogP contribution in [0.2, 0.25) is 0 Å². The van der Waals surface area contributed by atoms with Gasteiger partial charge in [0, 0.05) is 46.9 Å². The molecule has 0 bridgehead atoms. The minimum atomic E-state index is 0.668. The molecule has 0 atom stereocenters. The van der Waals surface area contributed by atoms with Gasteiger partial charge in [0.05, 0.1) is 11.2 Å². The Kier molecular flexibility index (Phi) is 9.18. The fourth-order valence-corrected chi connectivity index (χ4v) is 7.70. The summed E-state index contributed by atoms with van der Waals surface area (Å²) in [4.78, 5) is 19.3. The monoisotopic (exact) mass is 740 g/mol. The molecular formula is C54H36N4. The van der Waals surface area contributed by atoms with E-state index in [9.17, 15) is 0 Å². The van der Waals surface area contributed by atoms with Crippen molar-refractivity contribution in [2.45, 2.75) is 0 Å². The molecule has 10 rings (SSSR count). The van der Waals surface area contributed by atoms with Gasteiger partial charge < -0.3 is 0 Å². The van der Waals surface area contributed by atoms with Crippen LogP contribution in [0.5, 0.6) is 0 Å². The third kappa shape index (κ3) is 6.95. The van der Waals surface area contributed by atoms with E-state index in [1.54, 1.807) is 0 Å². The normalized spacial score (nSPS) is 11.1. The van der Waals surface area contributed by atoms with Gasteiger partial charge in [-0.3, -0.25) is 9.97 Å². The third-order valence-electron chi connectivity index (χ3n) is 10.7. The Morgan fingerprint density at radius 2 is 0.672 bits per heavy atom. The number of hydrogen-bond donors (Lipinski definition) is 0. The molecular weight excluding hydrogens is 705 g/mol. The van der Waals surface area contributed by atoms with Gasteiger partial charge in [0.1, 0.15) is 0 Å². The van der Waals surface area contributed by atoms with Gasteiger partial charge in [0.2, 0.25) is 0 Å². The Balaban J connectivity index is 1.22. The van der Waals surface area contributed by atoms with Gasteiger partial charge in [-0.2, -0.15) is 0 Å². The molecule has 272 valence electrons. The first-order valence-electron chi connectivity index (χ1n) is 19.4. The number of benzene rings is 7. The van der Waals surface area contributed by atoms with Crippen LogP contribution in [0, 0.1) is 0 Å². The van der Waals surface area contributed by atoms with Crippen LogP contribution in [0.15, 0.2) is 219 Å². The van der Waals surface area contributed by atoms with E-state index in [4.69, 9.17) is 9.97 Å². The van der Waals surface area contributed by atoms with Gasteiger partial charge in [0.25, 0.3) is 0 Å². The van der Waals surface area contributed by atoms with E-state index in [1.807, 2.05) is 49.1 Å². The molecule has 0 N–H and O–H groups in total. The molecule has 4 nitrogen and oxygen atoms in total. The molecule has 0 saturated heterocycles. The van der Waals surface area contributed by atoms with Crippen molar-refractivity contribution in [3.63, 3.8) is 0 Å². The summed E-state index contributed by atoms with van der Waals surface area (Å²) in [6, 6.07) is 68.6. The van der Waals surface area contributed by atoms with E-state index in [0.29, 0.717) is 5.82 Å². The van der Waals surface area contributed by atoms with Crippen molar-refractivity contribution in [3.8, 4) is 89.4 Å². The van der Waals surface area contributed by atoms with E-state index < -0.39 is 0 Å². The predicted octanol–water partition coefficient (Wildman–Crippen LogP) is 13.8. The summed E-state index contributed by atoms with van der Waals surface area (Å²) in [5.74, 6) is 0.668. The summed E-state index contributed by atoms with van der Waals surface area (Å²) in [6.07, 6.45) is 7.30. The smallest absolute Gasteiger partial charge is 0.160 e. The summed E-state index contributed by atoms with van der Waals surface area (Å²) in [5.41, 5.74) is 17.2. The lowest BCUT2D eigenvalue weighted by Gasteiger charge is -2.17. The lowest BCUT2D eigenvalue weighted by molar-refractivity contribution is 1.23. The highest BCUT2D eigenvalue weighted by atomic mass is 14.9. The van der Waals surface area contributed by atoms with E-state index >= 15 is 0 Å². The van der Waals surface area contributed by atoms with Crippen molar-refractivity contribution in [2.75, 3.05) is 0 Å². The van der Waals surface area contributed by atoms with Gasteiger partial charge in [-0.25, -0.2) is 9.97 Å². The van der Waals surface area contributed by atoms with E-state index in [-0.39, 0.29) is 0 Å². The maximum Gasteiger partial charge on any atom is 0.160 e. The van der Waals surface area contributed by atoms with E-state index in [2.05, 4.69) is 180 Å². The van der Waals surface area contributed by atoms with Gasteiger partial charge in [-0.05, 0) is 110 Å². The number of nitrogens with zero attached hydrogens (tertiary/aromatic N) is 4. The summed E-state index contributed by atoms with van der Waals surface area (Å²) in [6.45, 7) is 0. The van der Waals surface area contributed by atoms with E-state index in [1.165, 1.54) is 16.7 Å². The molecule has 10 aromatic rings. The van der Waals surface area contributed by atoms with Crippen molar-refractivity contribution in [1.82, 2.24) is 19.9 Å². The zero-order valence-electron chi connectivity index (χ0n) is 31.6. The fourth-order valence-electron chi connectivity index (χ4n) is 7.70. The minimum absolute atomic E-state index is 0.668. The molecule has 3 heterocycles. The Morgan fingerprint density at radius 1 is 0.259 bits per heavy atom. The quantitative estimate of drug-likeness (QED) is 0.156. The maximum atomic E-state index is 5.45. The molecule has 4 heteroatoms. The molecule has 0 amide bonds. The lowest BCUT2D eigenvalue weighted by Crippen LogP contribution is -1.98. The zero-order valence-corrected chi connectivity index (χ0v) is 31.6. The van der Waals surface area contributed by atoms with Crippen LogP contribution in [0.25, 0.3) is 100 Å². The Bertz CT molecular complexity index is 3000. The standard InChI is InChI=1S/C54H36N4/c1-3-9-37(10-4-1)45-13-7-15-47(33-45)49-35-50(48-16-8-14-46(34-48)38-11-5-2-6-12-38)53-51(36-49)52(43-21-17-39(18-22-43)41-25-29-55-30-26-41)57-54(58-53)44-23-19-40(20-24-44)42-27-31-56-32-28-42/h1-36H. The van der Waals surface area contributed by atoms with Crippen molar-refractivity contribution < 1.29 is 0 Å². The van der Waals surface area contributed by atoms with Crippen LogP contribution in [0.1, 0.15) is 0 Å². The average molecular weight is 741 g/mol. The second kappa shape index (κ2) is 15.4. The van der Waals surface area contributed by atoms with Crippen LogP contribution in [0.3, 0.4) is 0 Å². The molecule has 0 aliphatic rings.